The van der Waals surface area contributed by atoms with Gasteiger partial charge in [0, 0.05) is 24.4 Å². The molecule has 6 nitrogen and oxygen atoms in total. The maximum Gasteiger partial charge on any atom is 0.417 e. The Morgan fingerprint density at radius 3 is 2.44 bits per heavy atom. The van der Waals surface area contributed by atoms with E-state index in [1.54, 1.807) is 48.5 Å². The molecule has 9 heteroatoms. The predicted octanol–water partition coefficient (Wildman–Crippen LogP) is 4.37. The highest BCUT2D eigenvalue weighted by Gasteiger charge is 2.37. The van der Waals surface area contributed by atoms with E-state index >= 15 is 0 Å². The van der Waals surface area contributed by atoms with Gasteiger partial charge < -0.3 is 5.32 Å². The molecule has 0 saturated heterocycles. The molecule has 0 atom stereocenters. The van der Waals surface area contributed by atoms with Gasteiger partial charge in [-0.15, -0.1) is 0 Å². The first kappa shape index (κ1) is 21.4. The molecule has 0 aliphatic carbocycles. The van der Waals surface area contributed by atoms with Crippen LogP contribution in [-0.2, 0) is 24.6 Å². The Morgan fingerprint density at radius 1 is 1.06 bits per heavy atom. The van der Waals surface area contributed by atoms with Gasteiger partial charge in [0.15, 0.2) is 0 Å². The first-order chi connectivity index (χ1) is 15.1. The number of nitrogens with one attached hydrogen (secondary N) is 1. The van der Waals surface area contributed by atoms with Gasteiger partial charge in [-0.2, -0.15) is 18.3 Å². The number of fused-ring (bicyclic) bond motifs is 1. The lowest BCUT2D eigenvalue weighted by Gasteiger charge is -2.14. The van der Waals surface area contributed by atoms with Crippen molar-refractivity contribution in [1.29, 1.82) is 0 Å². The lowest BCUT2D eigenvalue weighted by Crippen LogP contribution is -2.30. The third-order valence-corrected chi connectivity index (χ3v) is 5.03. The molecule has 0 aliphatic rings. The Hall–Kier alpha value is -3.88. The maximum absolute atomic E-state index is 13.9. The first-order valence-corrected chi connectivity index (χ1v) is 9.75. The largest absolute Gasteiger partial charge is 0.417 e. The van der Waals surface area contributed by atoms with Crippen LogP contribution in [0.25, 0.3) is 22.3 Å². The quantitative estimate of drug-likeness (QED) is 0.513. The number of hydrogen-bond donors (Lipinski definition) is 1. The Labute approximate surface area is 180 Å². The van der Waals surface area contributed by atoms with Crippen molar-refractivity contribution in [2.24, 2.45) is 7.05 Å². The van der Waals surface area contributed by atoms with Crippen LogP contribution in [0, 0.1) is 6.92 Å². The zero-order chi connectivity index (χ0) is 23.0. The number of carbonyl (C=O) groups is 1. The average molecular weight is 440 g/mol. The molecule has 0 fully saturated rings. The Balaban J connectivity index is 1.87. The van der Waals surface area contributed by atoms with Crippen LogP contribution in [0.2, 0.25) is 0 Å². The zero-order valence-corrected chi connectivity index (χ0v) is 17.3. The topological polar surface area (TPSA) is 68.9 Å². The Kier molecular flexibility index (Phi) is 5.33. The van der Waals surface area contributed by atoms with Gasteiger partial charge in [0.1, 0.15) is 17.9 Å². The van der Waals surface area contributed by atoms with E-state index in [1.807, 2.05) is 13.0 Å². The number of benzene rings is 2. The van der Waals surface area contributed by atoms with Crippen LogP contribution < -0.4 is 10.9 Å². The Morgan fingerprint density at radius 2 is 1.78 bits per heavy atom. The number of hydrogen-bond acceptors (Lipinski definition) is 3. The number of rotatable bonds is 4. The van der Waals surface area contributed by atoms with Gasteiger partial charge in [-0.25, -0.2) is 0 Å². The minimum Gasteiger partial charge on any atom is -0.325 e. The van der Waals surface area contributed by atoms with Crippen molar-refractivity contribution >= 4 is 22.6 Å². The number of alkyl halides is 3. The third-order valence-electron chi connectivity index (χ3n) is 5.03. The standard InChI is InChI=1S/C23H19F3N4O2/c1-14-7-6-10-16(11-14)27-18(31)13-30-19(32)12-17(23(24,25)26)20-21(28-29(2)22(20)30)15-8-4-3-5-9-15/h3-12H,13H2,1-2H3,(H,27,31). The predicted molar refractivity (Wildman–Crippen MR) is 115 cm³/mol. The van der Waals surface area contributed by atoms with Crippen molar-refractivity contribution in [1.82, 2.24) is 14.3 Å². The second-order valence-electron chi connectivity index (χ2n) is 7.43. The third kappa shape index (κ3) is 4.01. The van der Waals surface area contributed by atoms with Gasteiger partial charge in [0.25, 0.3) is 5.56 Å². The molecule has 0 bridgehead atoms. The highest BCUT2D eigenvalue weighted by atomic mass is 19.4. The van der Waals surface area contributed by atoms with E-state index in [0.29, 0.717) is 17.3 Å². The van der Waals surface area contributed by atoms with Crippen molar-refractivity contribution in [2.45, 2.75) is 19.6 Å². The number of amides is 1. The van der Waals surface area contributed by atoms with Crippen LogP contribution >= 0.6 is 0 Å². The maximum atomic E-state index is 13.9. The SMILES string of the molecule is Cc1cccc(NC(=O)Cn2c(=O)cc(C(F)(F)F)c3c(-c4ccccc4)nn(C)c32)c1. The van der Waals surface area contributed by atoms with Gasteiger partial charge in [-0.05, 0) is 24.6 Å². The summed E-state index contributed by atoms with van der Waals surface area (Å²) < 4.78 is 43.8. The summed E-state index contributed by atoms with van der Waals surface area (Å²) in [6.45, 7) is 1.40. The fourth-order valence-electron chi connectivity index (χ4n) is 3.69. The fourth-order valence-corrected chi connectivity index (χ4v) is 3.69. The van der Waals surface area contributed by atoms with Gasteiger partial charge >= 0.3 is 6.18 Å². The number of carbonyl (C=O) groups excluding carboxylic acids is 1. The highest BCUT2D eigenvalue weighted by molar-refractivity contribution is 5.96. The first-order valence-electron chi connectivity index (χ1n) is 9.75. The van der Waals surface area contributed by atoms with E-state index in [2.05, 4.69) is 10.4 Å². The van der Waals surface area contributed by atoms with Crippen LogP contribution in [0.15, 0.2) is 65.5 Å². The second-order valence-corrected chi connectivity index (χ2v) is 7.43. The van der Waals surface area contributed by atoms with Crippen LogP contribution in [0.5, 0.6) is 0 Å². The summed E-state index contributed by atoms with van der Waals surface area (Å²) in [5.41, 5.74) is -0.0896. The molecule has 0 saturated carbocycles. The van der Waals surface area contributed by atoms with Crippen LogP contribution in [0.4, 0.5) is 18.9 Å². The molecule has 1 N–H and O–H groups in total. The van der Waals surface area contributed by atoms with E-state index < -0.39 is 29.8 Å². The highest BCUT2D eigenvalue weighted by Crippen LogP contribution is 2.38. The molecule has 2 aromatic carbocycles. The second kappa shape index (κ2) is 7.99. The summed E-state index contributed by atoms with van der Waals surface area (Å²) in [6.07, 6.45) is -4.77. The molecular weight excluding hydrogens is 421 g/mol. The molecule has 0 aliphatic heterocycles. The van der Waals surface area contributed by atoms with Crippen LogP contribution in [-0.4, -0.2) is 20.3 Å². The fraction of sp³-hybridized carbons (Fsp3) is 0.174. The Bertz CT molecular complexity index is 1370. The molecule has 32 heavy (non-hydrogen) atoms. The molecule has 164 valence electrons. The van der Waals surface area contributed by atoms with Crippen molar-refractivity contribution < 1.29 is 18.0 Å². The van der Waals surface area contributed by atoms with Crippen molar-refractivity contribution in [2.75, 3.05) is 5.32 Å². The minimum absolute atomic E-state index is 0.0805. The number of anilines is 1. The molecule has 4 rings (SSSR count). The van der Waals surface area contributed by atoms with Gasteiger partial charge in [-0.1, -0.05) is 42.5 Å². The molecule has 2 heterocycles. The summed E-state index contributed by atoms with van der Waals surface area (Å²) in [5.74, 6) is -0.541. The number of aryl methyl sites for hydroxylation is 2. The molecule has 0 unspecified atom stereocenters. The average Bonchev–Trinajstić information content (AvgIpc) is 3.07. The summed E-state index contributed by atoms with van der Waals surface area (Å²) >= 11 is 0. The summed E-state index contributed by atoms with van der Waals surface area (Å²) in [7, 11) is 1.45. The summed E-state index contributed by atoms with van der Waals surface area (Å²) in [5, 5.41) is 6.71. The molecule has 4 aromatic rings. The van der Waals surface area contributed by atoms with Gasteiger partial charge in [-0.3, -0.25) is 18.8 Å². The lowest BCUT2D eigenvalue weighted by molar-refractivity contribution is -0.136. The molecular formula is C23H19F3N4O2. The molecule has 0 radical (unpaired) electrons. The number of pyridine rings is 1. The van der Waals surface area contributed by atoms with E-state index in [9.17, 15) is 22.8 Å². The van der Waals surface area contributed by atoms with Gasteiger partial charge in [0.2, 0.25) is 5.91 Å². The lowest BCUT2D eigenvalue weighted by atomic mass is 10.0. The number of nitrogens with zero attached hydrogens (tertiary/aromatic N) is 3. The van der Waals surface area contributed by atoms with Crippen molar-refractivity contribution in [3.63, 3.8) is 0 Å². The monoisotopic (exact) mass is 440 g/mol. The zero-order valence-electron chi connectivity index (χ0n) is 17.3. The van der Waals surface area contributed by atoms with E-state index in [4.69, 9.17) is 0 Å². The smallest absolute Gasteiger partial charge is 0.325 e. The number of aromatic nitrogens is 3. The van der Waals surface area contributed by atoms with Gasteiger partial charge in [0.05, 0.1) is 10.9 Å². The van der Waals surface area contributed by atoms with Crippen molar-refractivity contribution in [3.05, 3.63) is 82.1 Å². The van der Waals surface area contributed by atoms with E-state index in [-0.39, 0.29) is 16.7 Å². The van der Waals surface area contributed by atoms with Crippen LogP contribution in [0.1, 0.15) is 11.1 Å². The van der Waals surface area contributed by atoms with Crippen molar-refractivity contribution in [3.8, 4) is 11.3 Å². The molecule has 0 spiro atoms. The minimum atomic E-state index is -4.77. The summed E-state index contributed by atoms with van der Waals surface area (Å²) in [6, 6.07) is 16.0. The number of halogens is 3. The molecule has 1 amide bonds. The van der Waals surface area contributed by atoms with Crippen LogP contribution in [0.3, 0.4) is 0 Å². The van der Waals surface area contributed by atoms with E-state index in [1.165, 1.54) is 11.7 Å². The molecule has 2 aromatic heterocycles. The summed E-state index contributed by atoms with van der Waals surface area (Å²) in [4.78, 5) is 25.3. The van der Waals surface area contributed by atoms with E-state index in [0.717, 1.165) is 10.1 Å². The normalized spacial score (nSPS) is 11.7.